The van der Waals surface area contributed by atoms with Crippen LogP contribution in [0.25, 0.3) is 0 Å². The van der Waals surface area contributed by atoms with Crippen LogP contribution in [0, 0.1) is 12.3 Å². The van der Waals surface area contributed by atoms with E-state index in [1.54, 1.807) is 0 Å². The van der Waals surface area contributed by atoms with Gasteiger partial charge in [-0.3, -0.25) is 4.90 Å². The van der Waals surface area contributed by atoms with Gasteiger partial charge < -0.3 is 5.11 Å². The van der Waals surface area contributed by atoms with Crippen LogP contribution >= 0.6 is 0 Å². The lowest BCUT2D eigenvalue weighted by molar-refractivity contribution is -0.144. The molecule has 1 aliphatic rings. The first-order chi connectivity index (χ1) is 5.85. The topological polar surface area (TPSA) is 23.5 Å². The molecule has 0 aromatic heterocycles. The number of terminal acetylenes is 1. The fourth-order valence-electron chi connectivity index (χ4n) is 1.38. The van der Waals surface area contributed by atoms with E-state index >= 15 is 0 Å². The van der Waals surface area contributed by atoms with E-state index in [1.807, 2.05) is 0 Å². The van der Waals surface area contributed by atoms with E-state index in [0.717, 1.165) is 4.90 Å². The molecule has 1 fully saturated rings. The molecule has 1 atom stereocenters. The van der Waals surface area contributed by atoms with E-state index in [-0.39, 0.29) is 19.5 Å². The smallest absolute Gasteiger partial charge is 0.376 e. The molecule has 0 bridgehead atoms. The highest BCUT2D eigenvalue weighted by Gasteiger charge is 2.39. The van der Waals surface area contributed by atoms with E-state index in [1.165, 1.54) is 0 Å². The Balaban J connectivity index is 2.48. The van der Waals surface area contributed by atoms with Gasteiger partial charge in [0, 0.05) is 19.5 Å². The second kappa shape index (κ2) is 3.20. The SMILES string of the molecule is C#CC1(O)CCN(CC(F)(F)F)C1. The third kappa shape index (κ3) is 2.90. The minimum atomic E-state index is -4.22. The number of alkyl halides is 3. The lowest BCUT2D eigenvalue weighted by Gasteiger charge is -2.19. The summed E-state index contributed by atoms with van der Waals surface area (Å²) in [7, 11) is 0. The van der Waals surface area contributed by atoms with E-state index < -0.39 is 18.3 Å². The van der Waals surface area contributed by atoms with Gasteiger partial charge in [-0.15, -0.1) is 6.42 Å². The minimum absolute atomic E-state index is 0.0942. The highest BCUT2D eigenvalue weighted by Crippen LogP contribution is 2.24. The Kier molecular flexibility index (Phi) is 2.55. The molecule has 0 amide bonds. The number of rotatable bonds is 1. The van der Waals surface area contributed by atoms with Gasteiger partial charge in [0.1, 0.15) is 5.60 Å². The quantitative estimate of drug-likeness (QED) is 0.617. The standard InChI is InChI=1S/C8H10F3NO/c1-2-7(13)3-4-12(5-7)6-8(9,10)11/h1,13H,3-6H2. The molecule has 13 heavy (non-hydrogen) atoms. The van der Waals surface area contributed by atoms with Crippen LogP contribution in [0.5, 0.6) is 0 Å². The van der Waals surface area contributed by atoms with Gasteiger partial charge in [0.15, 0.2) is 0 Å². The lowest BCUT2D eigenvalue weighted by Crippen LogP contribution is -2.36. The van der Waals surface area contributed by atoms with Crippen molar-refractivity contribution in [3.8, 4) is 12.3 Å². The summed E-state index contributed by atoms with van der Waals surface area (Å²) in [4.78, 5) is 1.11. The third-order valence-electron chi connectivity index (χ3n) is 2.00. The second-order valence-corrected chi connectivity index (χ2v) is 3.25. The zero-order valence-corrected chi connectivity index (χ0v) is 6.93. The summed E-state index contributed by atoms with van der Waals surface area (Å²) in [5.41, 5.74) is -1.37. The monoisotopic (exact) mass is 193 g/mol. The van der Waals surface area contributed by atoms with Crippen molar-refractivity contribution in [1.82, 2.24) is 4.90 Å². The number of hydrogen-bond donors (Lipinski definition) is 1. The lowest BCUT2D eigenvalue weighted by atomic mass is 10.1. The Hall–Kier alpha value is -0.730. The molecule has 74 valence electrons. The van der Waals surface area contributed by atoms with Crippen molar-refractivity contribution in [3.63, 3.8) is 0 Å². The minimum Gasteiger partial charge on any atom is -0.376 e. The van der Waals surface area contributed by atoms with Crippen molar-refractivity contribution in [2.45, 2.75) is 18.2 Å². The first-order valence-corrected chi connectivity index (χ1v) is 3.84. The van der Waals surface area contributed by atoms with Gasteiger partial charge in [-0.25, -0.2) is 0 Å². The molecule has 1 unspecified atom stereocenters. The van der Waals surface area contributed by atoms with Gasteiger partial charge in [0.2, 0.25) is 0 Å². The zero-order valence-electron chi connectivity index (χ0n) is 6.93. The summed E-state index contributed by atoms with van der Waals surface area (Å²) in [6.45, 7) is -0.903. The Labute approximate surface area is 74.3 Å². The van der Waals surface area contributed by atoms with Crippen molar-refractivity contribution >= 4 is 0 Å². The van der Waals surface area contributed by atoms with Crippen molar-refractivity contribution < 1.29 is 18.3 Å². The molecule has 2 nitrogen and oxygen atoms in total. The second-order valence-electron chi connectivity index (χ2n) is 3.25. The number of halogens is 3. The summed E-state index contributed by atoms with van der Waals surface area (Å²) in [6.07, 6.45) is 0.972. The van der Waals surface area contributed by atoms with Crippen LogP contribution in [0.4, 0.5) is 13.2 Å². The summed E-state index contributed by atoms with van der Waals surface area (Å²) < 4.78 is 35.7. The molecular weight excluding hydrogens is 183 g/mol. The van der Waals surface area contributed by atoms with Gasteiger partial charge in [-0.2, -0.15) is 13.2 Å². The van der Waals surface area contributed by atoms with Gasteiger partial charge >= 0.3 is 6.18 Å². The summed E-state index contributed by atoms with van der Waals surface area (Å²) in [5, 5.41) is 9.42. The van der Waals surface area contributed by atoms with Gasteiger partial charge in [0.05, 0.1) is 6.54 Å². The van der Waals surface area contributed by atoms with Crippen LogP contribution in [0.3, 0.4) is 0 Å². The van der Waals surface area contributed by atoms with Gasteiger partial charge in [-0.05, 0) is 0 Å². The van der Waals surface area contributed by atoms with Gasteiger partial charge in [0.25, 0.3) is 0 Å². The fraction of sp³-hybridized carbons (Fsp3) is 0.750. The van der Waals surface area contributed by atoms with Gasteiger partial charge in [-0.1, -0.05) is 5.92 Å². The van der Waals surface area contributed by atoms with Crippen molar-refractivity contribution in [2.75, 3.05) is 19.6 Å². The zero-order chi connectivity index (χ0) is 10.1. The average molecular weight is 193 g/mol. The molecule has 0 aromatic rings. The Bertz CT molecular complexity index is 233. The molecule has 0 saturated carbocycles. The average Bonchev–Trinajstić information content (AvgIpc) is 2.30. The molecule has 1 N–H and O–H groups in total. The normalized spacial score (nSPS) is 30.4. The molecule has 0 spiro atoms. The van der Waals surface area contributed by atoms with Crippen molar-refractivity contribution in [2.24, 2.45) is 0 Å². The van der Waals surface area contributed by atoms with Crippen LogP contribution in [0.15, 0.2) is 0 Å². The number of aliphatic hydroxyl groups is 1. The number of β-amino-alcohol motifs (C(OH)–C–C–N with tert-alkyl or cyclic N) is 1. The molecule has 1 saturated heterocycles. The summed E-state index contributed by atoms with van der Waals surface area (Å²) in [6, 6.07) is 0. The van der Waals surface area contributed by atoms with E-state index in [4.69, 9.17) is 6.42 Å². The maximum absolute atomic E-state index is 11.9. The first-order valence-electron chi connectivity index (χ1n) is 3.84. The van der Waals surface area contributed by atoms with E-state index in [2.05, 4.69) is 5.92 Å². The Morgan fingerprint density at radius 3 is 2.54 bits per heavy atom. The Morgan fingerprint density at radius 1 is 1.54 bits per heavy atom. The molecule has 1 heterocycles. The van der Waals surface area contributed by atoms with Crippen LogP contribution in [0.2, 0.25) is 0 Å². The predicted octanol–water partition coefficient (Wildman–Crippen LogP) is 0.619. The van der Waals surface area contributed by atoms with Crippen molar-refractivity contribution in [3.05, 3.63) is 0 Å². The molecular formula is C8H10F3NO. The third-order valence-corrected chi connectivity index (χ3v) is 2.00. The highest BCUT2D eigenvalue weighted by molar-refractivity contribution is 5.12. The molecule has 1 rings (SSSR count). The Morgan fingerprint density at radius 2 is 2.15 bits per heavy atom. The molecule has 0 aliphatic carbocycles. The van der Waals surface area contributed by atoms with Crippen LogP contribution in [0.1, 0.15) is 6.42 Å². The fourth-order valence-corrected chi connectivity index (χ4v) is 1.38. The molecule has 5 heteroatoms. The van der Waals surface area contributed by atoms with Crippen LogP contribution in [-0.4, -0.2) is 41.4 Å². The molecule has 0 aromatic carbocycles. The first kappa shape index (κ1) is 10.4. The van der Waals surface area contributed by atoms with Crippen molar-refractivity contribution in [1.29, 1.82) is 0 Å². The largest absolute Gasteiger partial charge is 0.401 e. The van der Waals surface area contributed by atoms with E-state index in [0.29, 0.717) is 0 Å². The number of hydrogen-bond acceptors (Lipinski definition) is 2. The maximum atomic E-state index is 11.9. The summed E-state index contributed by atoms with van der Waals surface area (Å²) >= 11 is 0. The van der Waals surface area contributed by atoms with Crippen LogP contribution < -0.4 is 0 Å². The molecule has 1 aliphatic heterocycles. The van der Waals surface area contributed by atoms with Crippen LogP contribution in [-0.2, 0) is 0 Å². The summed E-state index contributed by atoms with van der Waals surface area (Å²) in [5.74, 6) is 2.10. The maximum Gasteiger partial charge on any atom is 0.401 e. The highest BCUT2D eigenvalue weighted by atomic mass is 19.4. The molecule has 0 radical (unpaired) electrons. The predicted molar refractivity (Wildman–Crippen MR) is 40.9 cm³/mol. The van der Waals surface area contributed by atoms with E-state index in [9.17, 15) is 18.3 Å². The number of nitrogens with zero attached hydrogens (tertiary/aromatic N) is 1. The number of likely N-dealkylation sites (tertiary alicyclic amines) is 1.